The lowest BCUT2D eigenvalue weighted by molar-refractivity contribution is -0.151. The zero-order chi connectivity index (χ0) is 34.4. The lowest BCUT2D eigenvalue weighted by Gasteiger charge is -2.58. The van der Waals surface area contributed by atoms with Crippen LogP contribution in [0.3, 0.4) is 0 Å². The normalized spacial score (nSPS) is 32.0. The van der Waals surface area contributed by atoms with Crippen molar-refractivity contribution in [2.45, 2.75) is 227 Å². The van der Waals surface area contributed by atoms with Gasteiger partial charge in [0.15, 0.2) is 0 Å². The summed E-state index contributed by atoms with van der Waals surface area (Å²) in [6.07, 6.45) is 39.9. The molecule has 0 aromatic heterocycles. The first-order valence-electron chi connectivity index (χ1n) is 22.1. The number of fused-ring (bicyclic) bond motifs is 5. The van der Waals surface area contributed by atoms with Crippen LogP contribution in [-0.4, -0.2) is 12.1 Å². The second kappa shape index (κ2) is 20.3. The fourth-order valence-electron chi connectivity index (χ4n) is 11.8. The fourth-order valence-corrected chi connectivity index (χ4v) is 11.8. The largest absolute Gasteiger partial charge is 0.462 e. The summed E-state index contributed by atoms with van der Waals surface area (Å²) in [7, 11) is 0. The average molecular weight is 667 g/mol. The van der Waals surface area contributed by atoms with Crippen molar-refractivity contribution in [2.24, 2.45) is 46.3 Å². The number of unbranched alkanes of at least 4 members (excludes halogenated alkanes) is 15. The van der Waals surface area contributed by atoms with Gasteiger partial charge in [0.25, 0.3) is 0 Å². The van der Waals surface area contributed by atoms with Crippen LogP contribution < -0.4 is 0 Å². The molecule has 0 N–H and O–H groups in total. The van der Waals surface area contributed by atoms with Gasteiger partial charge in [-0.3, -0.25) is 4.79 Å². The number of allylic oxidation sites excluding steroid dienone is 1. The molecule has 0 aliphatic heterocycles. The highest BCUT2D eigenvalue weighted by atomic mass is 16.5. The summed E-state index contributed by atoms with van der Waals surface area (Å²) in [5, 5.41) is 0. The quantitative estimate of drug-likeness (QED) is 0.0616. The first-order valence-corrected chi connectivity index (χ1v) is 22.1. The van der Waals surface area contributed by atoms with Crippen molar-refractivity contribution in [1.82, 2.24) is 0 Å². The van der Waals surface area contributed by atoms with Crippen molar-refractivity contribution < 1.29 is 9.53 Å². The molecule has 0 aromatic carbocycles. The van der Waals surface area contributed by atoms with Crippen LogP contribution in [0.5, 0.6) is 0 Å². The van der Waals surface area contributed by atoms with Crippen molar-refractivity contribution in [3.63, 3.8) is 0 Å². The van der Waals surface area contributed by atoms with E-state index in [1.54, 1.807) is 5.57 Å². The molecule has 278 valence electrons. The highest BCUT2D eigenvalue weighted by Gasteiger charge is 2.59. The number of carbonyl (C=O) groups is 1. The molecule has 3 fully saturated rings. The van der Waals surface area contributed by atoms with Crippen LogP contribution in [0.15, 0.2) is 11.6 Å². The topological polar surface area (TPSA) is 26.3 Å². The highest BCUT2D eigenvalue weighted by Crippen LogP contribution is 2.67. The Hall–Kier alpha value is -0.790. The van der Waals surface area contributed by atoms with Crippen LogP contribution in [0.4, 0.5) is 0 Å². The second-order valence-electron chi connectivity index (χ2n) is 18.7. The Morgan fingerprint density at radius 2 is 1.33 bits per heavy atom. The third-order valence-corrected chi connectivity index (χ3v) is 14.8. The maximum atomic E-state index is 12.8. The summed E-state index contributed by atoms with van der Waals surface area (Å²) in [6, 6.07) is 0. The number of hydrogen-bond donors (Lipinski definition) is 0. The Bertz CT molecular complexity index is 950. The van der Waals surface area contributed by atoms with E-state index in [1.165, 1.54) is 154 Å². The number of carbonyl (C=O) groups excluding carboxylic acids is 1. The van der Waals surface area contributed by atoms with Gasteiger partial charge in [-0.05, 0) is 97.7 Å². The Labute approximate surface area is 300 Å². The lowest BCUT2D eigenvalue weighted by atomic mass is 9.47. The fraction of sp³-hybridized carbons (Fsp3) is 0.935. The lowest BCUT2D eigenvalue weighted by Crippen LogP contribution is -2.51. The molecule has 0 bridgehead atoms. The third-order valence-electron chi connectivity index (χ3n) is 14.8. The van der Waals surface area contributed by atoms with Crippen molar-refractivity contribution in [1.29, 1.82) is 0 Å². The van der Waals surface area contributed by atoms with Crippen LogP contribution in [0.1, 0.15) is 221 Å². The van der Waals surface area contributed by atoms with Crippen molar-refractivity contribution in [3.05, 3.63) is 11.6 Å². The molecule has 48 heavy (non-hydrogen) atoms. The smallest absolute Gasteiger partial charge is 0.306 e. The maximum absolute atomic E-state index is 12.8. The summed E-state index contributed by atoms with van der Waals surface area (Å²) in [6.45, 7) is 15.0. The molecule has 8 atom stereocenters. The number of esters is 1. The zero-order valence-corrected chi connectivity index (χ0v) is 33.2. The first-order chi connectivity index (χ1) is 23.2. The van der Waals surface area contributed by atoms with E-state index < -0.39 is 0 Å². The Morgan fingerprint density at radius 1 is 0.729 bits per heavy atom. The van der Waals surface area contributed by atoms with Crippen LogP contribution in [0.2, 0.25) is 0 Å². The Balaban J connectivity index is 1.08. The molecule has 0 amide bonds. The monoisotopic (exact) mass is 667 g/mol. The summed E-state index contributed by atoms with van der Waals surface area (Å²) in [4.78, 5) is 12.8. The van der Waals surface area contributed by atoms with E-state index in [4.69, 9.17) is 4.74 Å². The number of hydrogen-bond acceptors (Lipinski definition) is 2. The zero-order valence-electron chi connectivity index (χ0n) is 33.2. The Kier molecular flexibility index (Phi) is 16.9. The molecule has 3 saturated carbocycles. The van der Waals surface area contributed by atoms with E-state index in [0.717, 1.165) is 54.8 Å². The van der Waals surface area contributed by atoms with Crippen LogP contribution in [-0.2, 0) is 9.53 Å². The summed E-state index contributed by atoms with van der Waals surface area (Å²) < 4.78 is 6.14. The molecule has 0 radical (unpaired) electrons. The molecule has 0 spiro atoms. The maximum Gasteiger partial charge on any atom is 0.306 e. The van der Waals surface area contributed by atoms with E-state index in [-0.39, 0.29) is 12.1 Å². The van der Waals surface area contributed by atoms with Crippen LogP contribution in [0, 0.1) is 46.3 Å². The minimum absolute atomic E-state index is 0.0659. The molecule has 2 nitrogen and oxygen atoms in total. The first kappa shape index (κ1) is 40.0. The van der Waals surface area contributed by atoms with Crippen molar-refractivity contribution in [3.8, 4) is 0 Å². The van der Waals surface area contributed by atoms with Gasteiger partial charge in [-0.25, -0.2) is 0 Å². The summed E-state index contributed by atoms with van der Waals surface area (Å²) in [5.74, 6) is 5.34. The van der Waals surface area contributed by atoms with Crippen molar-refractivity contribution in [2.75, 3.05) is 0 Å². The van der Waals surface area contributed by atoms with Gasteiger partial charge in [0.1, 0.15) is 6.10 Å². The van der Waals surface area contributed by atoms with Gasteiger partial charge < -0.3 is 4.74 Å². The van der Waals surface area contributed by atoms with Gasteiger partial charge >= 0.3 is 5.97 Å². The SMILES string of the molecule is CCCCCCCCCCCCCCCCCCC(=O)O[C@H]1CC[C@@]2(C)C(=CC[C@@H]3[C@@H]2CC[C@]2(C)C([C@H](C)CCCC(C)C)CC[C@@H]32)C1. The van der Waals surface area contributed by atoms with Gasteiger partial charge in [-0.15, -0.1) is 0 Å². The number of rotatable bonds is 23. The van der Waals surface area contributed by atoms with Gasteiger partial charge in [0, 0.05) is 12.8 Å². The van der Waals surface area contributed by atoms with Gasteiger partial charge in [0.2, 0.25) is 0 Å². The highest BCUT2D eigenvalue weighted by molar-refractivity contribution is 5.69. The number of ether oxygens (including phenoxy) is 1. The third kappa shape index (κ3) is 11.1. The summed E-state index contributed by atoms with van der Waals surface area (Å²) in [5.41, 5.74) is 2.54. The van der Waals surface area contributed by atoms with Gasteiger partial charge in [0.05, 0.1) is 0 Å². The molecular weight excluding hydrogens is 585 g/mol. The van der Waals surface area contributed by atoms with E-state index >= 15 is 0 Å². The van der Waals surface area contributed by atoms with E-state index in [1.807, 2.05) is 0 Å². The van der Waals surface area contributed by atoms with Crippen LogP contribution in [0.25, 0.3) is 0 Å². The molecule has 4 rings (SSSR count). The molecule has 0 saturated heterocycles. The molecule has 1 unspecified atom stereocenters. The van der Waals surface area contributed by atoms with Gasteiger partial charge in [-0.1, -0.05) is 169 Å². The van der Waals surface area contributed by atoms with E-state index in [0.29, 0.717) is 17.3 Å². The minimum Gasteiger partial charge on any atom is -0.462 e. The molecule has 4 aliphatic carbocycles. The van der Waals surface area contributed by atoms with Crippen LogP contribution >= 0.6 is 0 Å². The molecule has 0 aromatic rings. The van der Waals surface area contributed by atoms with Crippen molar-refractivity contribution >= 4 is 5.97 Å². The minimum atomic E-state index is 0.0659. The molecule has 0 heterocycles. The standard InChI is InChI=1S/C46H82O2/c1-7-8-9-10-11-12-13-14-15-16-17-18-19-20-21-22-26-44(47)48-39-31-33-45(5)38(35-39)27-28-40-42-30-29-41(37(4)25-23-24-36(2)3)46(42,6)34-32-43(40)45/h27,36-37,39-43H,7-26,28-35H2,1-6H3/t37-,39+,40+,41?,42+,43+,45+,46-/m1/s1. The molecule has 4 aliphatic rings. The van der Waals surface area contributed by atoms with E-state index in [2.05, 4.69) is 47.6 Å². The predicted molar refractivity (Wildman–Crippen MR) is 207 cm³/mol. The van der Waals surface area contributed by atoms with Gasteiger partial charge in [-0.2, -0.15) is 0 Å². The van der Waals surface area contributed by atoms with E-state index in [9.17, 15) is 4.79 Å². The summed E-state index contributed by atoms with van der Waals surface area (Å²) >= 11 is 0. The average Bonchev–Trinajstić information content (AvgIpc) is 3.42. The molecular formula is C46H82O2. The Morgan fingerprint density at radius 3 is 1.94 bits per heavy atom. The second-order valence-corrected chi connectivity index (χ2v) is 18.7. The predicted octanol–water partition coefficient (Wildman–Crippen LogP) is 14.6. The molecule has 2 heteroatoms.